The smallest absolute Gasteiger partial charge is 0.417 e. The second kappa shape index (κ2) is 14.6. The summed E-state index contributed by atoms with van der Waals surface area (Å²) in [6.07, 6.45) is 6.82. The minimum atomic E-state index is -3.25. The Kier molecular flexibility index (Phi) is 12.2. The molecule has 0 heterocycles. The van der Waals surface area contributed by atoms with Crippen molar-refractivity contribution in [1.29, 1.82) is 0 Å². The highest BCUT2D eigenvalue weighted by Crippen LogP contribution is 2.60. The third-order valence-corrected chi connectivity index (χ3v) is 9.32. The number of unbranched alkanes of at least 4 members (excludes halogenated alkanes) is 3. The minimum absolute atomic E-state index is 0.321. The molecule has 2 rings (SSSR count). The van der Waals surface area contributed by atoms with Crippen LogP contribution in [0.1, 0.15) is 69.6 Å². The summed E-state index contributed by atoms with van der Waals surface area (Å²) < 4.78 is 24.0. The van der Waals surface area contributed by atoms with E-state index >= 15 is 0 Å². The lowest BCUT2D eigenvalue weighted by Crippen LogP contribution is -2.17. The van der Waals surface area contributed by atoms with E-state index in [1.807, 2.05) is 31.2 Å². The molecule has 180 valence electrons. The van der Waals surface area contributed by atoms with E-state index in [2.05, 4.69) is 24.2 Å². The highest BCUT2D eigenvalue weighted by Gasteiger charge is 2.26. The van der Waals surface area contributed by atoms with Crippen molar-refractivity contribution in [3.05, 3.63) is 65.2 Å². The topological polar surface area (TPSA) is 73.9 Å². The maximum absolute atomic E-state index is 12.9. The monoisotopic (exact) mass is 506 g/mol. The molecular weight excluding hydrogens is 471 g/mol. The lowest BCUT2D eigenvalue weighted by Gasteiger charge is -2.17. The molecule has 33 heavy (non-hydrogen) atoms. The number of thiocarbonyl (C=S) groups is 1. The normalized spacial score (nSPS) is 13.5. The van der Waals surface area contributed by atoms with Crippen LogP contribution in [0.2, 0.25) is 0 Å². The standard InChI is InChI=1S/C25H35N2O3PS2/c1-4-7-8-9-11-20-12-10-13-22(19-20)25(32)24(27-26)21-14-16-23(17-15-21)30-31(28,29-6-3)33-18-5-2/h10,12-17,19H,4-9,11,18,26H2,1-3H3/b27-24+. The van der Waals surface area contributed by atoms with Crippen LogP contribution < -0.4 is 10.4 Å². The third kappa shape index (κ3) is 8.90. The molecule has 0 saturated heterocycles. The van der Waals surface area contributed by atoms with E-state index in [0.29, 0.717) is 28.7 Å². The molecule has 0 radical (unpaired) electrons. The summed E-state index contributed by atoms with van der Waals surface area (Å²) in [6.45, 7) is 3.11. The van der Waals surface area contributed by atoms with Gasteiger partial charge in [-0.25, -0.2) is 4.57 Å². The first-order valence-electron chi connectivity index (χ1n) is 11.6. The summed E-state index contributed by atoms with van der Waals surface area (Å²) in [6, 6.07) is 15.4. The maximum atomic E-state index is 12.9. The Morgan fingerprint density at radius 1 is 1.03 bits per heavy atom. The number of benzene rings is 2. The second-order valence-electron chi connectivity index (χ2n) is 7.63. The van der Waals surface area contributed by atoms with Crippen molar-refractivity contribution in [1.82, 2.24) is 0 Å². The Morgan fingerprint density at radius 3 is 2.42 bits per heavy atom. The first-order chi connectivity index (χ1) is 16.0. The van der Waals surface area contributed by atoms with Crippen LogP contribution in [-0.4, -0.2) is 22.9 Å². The van der Waals surface area contributed by atoms with Crippen molar-refractivity contribution in [3.63, 3.8) is 0 Å². The zero-order valence-corrected chi connectivity index (χ0v) is 22.3. The fraction of sp³-hybridized carbons (Fsp3) is 0.440. The lowest BCUT2D eigenvalue weighted by atomic mass is 9.98. The highest BCUT2D eigenvalue weighted by molar-refractivity contribution is 8.55. The number of hydrazone groups is 1. The number of nitrogens with zero attached hydrogens (tertiary/aromatic N) is 1. The van der Waals surface area contributed by atoms with Gasteiger partial charge >= 0.3 is 6.80 Å². The Hall–Kier alpha value is -1.66. The van der Waals surface area contributed by atoms with Crippen LogP contribution >= 0.6 is 30.4 Å². The predicted octanol–water partition coefficient (Wildman–Crippen LogP) is 7.56. The number of hydrogen-bond acceptors (Lipinski definition) is 7. The van der Waals surface area contributed by atoms with Crippen molar-refractivity contribution in [2.45, 2.75) is 59.3 Å². The van der Waals surface area contributed by atoms with E-state index in [9.17, 15) is 4.57 Å². The van der Waals surface area contributed by atoms with Gasteiger partial charge in [0.05, 0.1) is 11.5 Å². The molecule has 1 atom stereocenters. The molecule has 8 heteroatoms. The zero-order chi connectivity index (χ0) is 24.1. The summed E-state index contributed by atoms with van der Waals surface area (Å²) in [5, 5.41) is 3.98. The van der Waals surface area contributed by atoms with Gasteiger partial charge in [-0.3, -0.25) is 4.52 Å². The predicted molar refractivity (Wildman–Crippen MR) is 146 cm³/mol. The summed E-state index contributed by atoms with van der Waals surface area (Å²) in [5.74, 6) is 6.90. The van der Waals surface area contributed by atoms with Gasteiger partial charge in [-0.15, -0.1) is 0 Å². The van der Waals surface area contributed by atoms with Gasteiger partial charge in [0.25, 0.3) is 0 Å². The van der Waals surface area contributed by atoms with Crippen molar-refractivity contribution < 1.29 is 13.6 Å². The largest absolute Gasteiger partial charge is 0.440 e. The van der Waals surface area contributed by atoms with Crippen LogP contribution in [0.15, 0.2) is 53.6 Å². The highest BCUT2D eigenvalue weighted by atomic mass is 32.7. The van der Waals surface area contributed by atoms with Crippen molar-refractivity contribution in [2.24, 2.45) is 10.9 Å². The van der Waals surface area contributed by atoms with Crippen LogP contribution in [0.4, 0.5) is 0 Å². The molecule has 0 aliphatic carbocycles. The second-order valence-corrected chi connectivity index (χ2v) is 12.2. The van der Waals surface area contributed by atoms with Crippen molar-refractivity contribution in [2.75, 3.05) is 12.4 Å². The number of hydrogen-bond donors (Lipinski definition) is 1. The van der Waals surface area contributed by atoms with E-state index in [1.165, 1.54) is 42.6 Å². The fourth-order valence-electron chi connectivity index (χ4n) is 3.28. The molecule has 0 aliphatic heterocycles. The summed E-state index contributed by atoms with van der Waals surface area (Å²) in [5.41, 5.74) is 3.50. The van der Waals surface area contributed by atoms with E-state index < -0.39 is 6.80 Å². The molecule has 0 amide bonds. The Labute approximate surface area is 207 Å². The van der Waals surface area contributed by atoms with Gasteiger partial charge in [-0.2, -0.15) is 5.10 Å². The van der Waals surface area contributed by atoms with Crippen LogP contribution in [0, 0.1) is 0 Å². The first-order valence-corrected chi connectivity index (χ1v) is 15.1. The van der Waals surface area contributed by atoms with Gasteiger partial charge < -0.3 is 10.4 Å². The van der Waals surface area contributed by atoms with Gasteiger partial charge in [-0.1, -0.05) is 69.6 Å². The van der Waals surface area contributed by atoms with Crippen LogP contribution in [-0.2, 0) is 15.5 Å². The summed E-state index contributed by atoms with van der Waals surface area (Å²) in [7, 11) is 0. The minimum Gasteiger partial charge on any atom is -0.417 e. The van der Waals surface area contributed by atoms with Gasteiger partial charge in [0.1, 0.15) is 11.5 Å². The van der Waals surface area contributed by atoms with E-state index in [0.717, 1.165) is 24.0 Å². The molecule has 2 N–H and O–H groups in total. The molecule has 0 aromatic heterocycles. The molecule has 5 nitrogen and oxygen atoms in total. The summed E-state index contributed by atoms with van der Waals surface area (Å²) >= 11 is 6.95. The number of nitrogens with two attached hydrogens (primary N) is 1. The van der Waals surface area contributed by atoms with Gasteiger partial charge in [0, 0.05) is 11.3 Å². The third-order valence-electron chi connectivity index (χ3n) is 4.94. The Morgan fingerprint density at radius 2 is 1.79 bits per heavy atom. The van der Waals surface area contributed by atoms with Crippen LogP contribution in [0.3, 0.4) is 0 Å². The first kappa shape index (κ1) is 27.6. The van der Waals surface area contributed by atoms with Crippen molar-refractivity contribution in [3.8, 4) is 5.75 Å². The van der Waals surface area contributed by atoms with E-state index in [-0.39, 0.29) is 0 Å². The molecule has 2 aromatic carbocycles. The molecule has 1 unspecified atom stereocenters. The van der Waals surface area contributed by atoms with Crippen molar-refractivity contribution >= 4 is 41.0 Å². The molecule has 0 aliphatic rings. The fourth-order valence-corrected chi connectivity index (χ4v) is 7.03. The lowest BCUT2D eigenvalue weighted by molar-refractivity contribution is 0.296. The van der Waals surface area contributed by atoms with Crippen LogP contribution in [0.5, 0.6) is 5.75 Å². The average molecular weight is 507 g/mol. The molecule has 0 bridgehead atoms. The van der Waals surface area contributed by atoms with E-state index in [1.54, 1.807) is 19.1 Å². The van der Waals surface area contributed by atoms with E-state index in [4.69, 9.17) is 27.1 Å². The number of rotatable bonds is 15. The molecule has 0 fully saturated rings. The van der Waals surface area contributed by atoms with Gasteiger partial charge in [0.15, 0.2) is 0 Å². The number of aryl methyl sites for hydroxylation is 1. The van der Waals surface area contributed by atoms with Gasteiger partial charge in [0.2, 0.25) is 0 Å². The Balaban J connectivity index is 2.13. The molecule has 2 aromatic rings. The molecule has 0 spiro atoms. The molecule has 0 saturated carbocycles. The SMILES string of the molecule is CCCCCCc1cccc(C(=S)/C(=N/N)c2ccc(OP(=O)(OCC)SCCC)cc2)c1. The average Bonchev–Trinajstić information content (AvgIpc) is 2.82. The summed E-state index contributed by atoms with van der Waals surface area (Å²) in [4.78, 5) is 0.597. The Bertz CT molecular complexity index is 964. The van der Waals surface area contributed by atoms with Gasteiger partial charge in [-0.05, 0) is 73.0 Å². The zero-order valence-electron chi connectivity index (χ0n) is 19.8. The quantitative estimate of drug-likeness (QED) is 0.0511. The maximum Gasteiger partial charge on any atom is 0.440 e. The molecular formula is C25H35N2O3PS2. The van der Waals surface area contributed by atoms with Crippen LogP contribution in [0.25, 0.3) is 0 Å².